The van der Waals surface area contributed by atoms with E-state index in [0.717, 1.165) is 37.7 Å². The molecule has 0 amide bonds. The Kier molecular flexibility index (Phi) is 4.66. The number of fused-ring (bicyclic) bond motifs is 1. The Balaban J connectivity index is 1.68. The average molecular weight is 273 g/mol. The number of hydrogen-bond acceptors (Lipinski definition) is 3. The summed E-state index contributed by atoms with van der Waals surface area (Å²) in [6.45, 7) is 4.39. The van der Waals surface area contributed by atoms with E-state index in [1.807, 2.05) is 0 Å². The molecule has 110 valence electrons. The third kappa shape index (κ3) is 3.20. The predicted molar refractivity (Wildman–Crippen MR) is 81.9 cm³/mol. The Morgan fingerprint density at radius 2 is 2.05 bits per heavy atom. The summed E-state index contributed by atoms with van der Waals surface area (Å²) in [7, 11) is 0. The normalized spacial score (nSPS) is 23.6. The van der Waals surface area contributed by atoms with Crippen molar-refractivity contribution in [3.8, 4) is 0 Å². The van der Waals surface area contributed by atoms with Crippen molar-refractivity contribution >= 4 is 0 Å². The van der Waals surface area contributed by atoms with Crippen LogP contribution in [0, 0.1) is 5.92 Å². The number of nitrogens with one attached hydrogen (secondary N) is 1. The van der Waals surface area contributed by atoms with Crippen molar-refractivity contribution in [1.82, 2.24) is 15.3 Å². The second-order valence-electron chi connectivity index (χ2n) is 6.45. The van der Waals surface area contributed by atoms with E-state index in [-0.39, 0.29) is 0 Å². The summed E-state index contributed by atoms with van der Waals surface area (Å²) in [6, 6.07) is 0. The van der Waals surface area contributed by atoms with Gasteiger partial charge in [0.25, 0.3) is 0 Å². The van der Waals surface area contributed by atoms with Crippen molar-refractivity contribution in [1.29, 1.82) is 0 Å². The average Bonchev–Trinajstić information content (AvgIpc) is 2.53. The van der Waals surface area contributed by atoms with Gasteiger partial charge >= 0.3 is 0 Å². The Morgan fingerprint density at radius 1 is 1.20 bits per heavy atom. The lowest BCUT2D eigenvalue weighted by Crippen LogP contribution is -2.28. The predicted octanol–water partition coefficient (Wildman–Crippen LogP) is 3.24. The summed E-state index contributed by atoms with van der Waals surface area (Å²) in [5.41, 5.74) is 2.74. The summed E-state index contributed by atoms with van der Waals surface area (Å²) in [5.74, 6) is 2.54. The van der Waals surface area contributed by atoms with Gasteiger partial charge in [0.2, 0.25) is 0 Å². The molecular weight excluding hydrogens is 246 g/mol. The largest absolute Gasteiger partial charge is 0.317 e. The fraction of sp³-hybridized carbons (Fsp3) is 0.765. The van der Waals surface area contributed by atoms with Crippen LogP contribution in [0.5, 0.6) is 0 Å². The molecule has 0 bridgehead atoms. The molecule has 3 heteroatoms. The Morgan fingerprint density at radius 3 is 2.85 bits per heavy atom. The molecule has 1 aromatic rings. The molecule has 1 heterocycles. The Bertz CT molecular complexity index is 438. The summed E-state index contributed by atoms with van der Waals surface area (Å²) >= 11 is 0. The molecular formula is C17H27N3. The zero-order valence-corrected chi connectivity index (χ0v) is 12.7. The highest BCUT2D eigenvalue weighted by atomic mass is 14.9. The molecule has 3 nitrogen and oxygen atoms in total. The second-order valence-corrected chi connectivity index (χ2v) is 6.45. The smallest absolute Gasteiger partial charge is 0.131 e. The van der Waals surface area contributed by atoms with Gasteiger partial charge in [-0.25, -0.2) is 9.97 Å². The van der Waals surface area contributed by atoms with Crippen molar-refractivity contribution in [2.45, 2.75) is 64.2 Å². The topological polar surface area (TPSA) is 37.8 Å². The monoisotopic (exact) mass is 273 g/mol. The minimum Gasteiger partial charge on any atom is -0.317 e. The first-order valence-electron chi connectivity index (χ1n) is 8.42. The van der Waals surface area contributed by atoms with Crippen LogP contribution in [0.2, 0.25) is 0 Å². The lowest BCUT2D eigenvalue weighted by atomic mass is 9.86. The number of aromatic nitrogens is 2. The SMILES string of the molecule is CCNCC1CCc2nc(C3CCCCC3)ncc2C1. The van der Waals surface area contributed by atoms with Gasteiger partial charge in [0.05, 0.1) is 0 Å². The maximum atomic E-state index is 4.92. The van der Waals surface area contributed by atoms with Gasteiger partial charge in [0.15, 0.2) is 0 Å². The van der Waals surface area contributed by atoms with Gasteiger partial charge in [0, 0.05) is 17.8 Å². The zero-order chi connectivity index (χ0) is 13.8. The van der Waals surface area contributed by atoms with Crippen LogP contribution in [0.1, 0.15) is 68.4 Å². The molecule has 0 radical (unpaired) electrons. The first kappa shape index (κ1) is 14.0. The van der Waals surface area contributed by atoms with Crippen molar-refractivity contribution in [2.75, 3.05) is 13.1 Å². The number of hydrogen-bond donors (Lipinski definition) is 1. The van der Waals surface area contributed by atoms with Gasteiger partial charge in [-0.3, -0.25) is 0 Å². The lowest BCUT2D eigenvalue weighted by molar-refractivity contribution is 0.410. The molecule has 1 fully saturated rings. The van der Waals surface area contributed by atoms with E-state index in [0.29, 0.717) is 5.92 Å². The van der Waals surface area contributed by atoms with Crippen molar-refractivity contribution in [3.05, 3.63) is 23.3 Å². The van der Waals surface area contributed by atoms with E-state index < -0.39 is 0 Å². The Hall–Kier alpha value is -0.960. The van der Waals surface area contributed by atoms with Crippen LogP contribution in [0.25, 0.3) is 0 Å². The fourth-order valence-corrected chi connectivity index (χ4v) is 3.68. The van der Waals surface area contributed by atoms with Crippen LogP contribution in [-0.4, -0.2) is 23.1 Å². The lowest BCUT2D eigenvalue weighted by Gasteiger charge is -2.26. The molecule has 0 saturated heterocycles. The maximum absolute atomic E-state index is 4.92. The molecule has 1 saturated carbocycles. The van der Waals surface area contributed by atoms with Crippen molar-refractivity contribution < 1.29 is 0 Å². The molecule has 1 aromatic heterocycles. The molecule has 20 heavy (non-hydrogen) atoms. The molecule has 1 unspecified atom stereocenters. The van der Waals surface area contributed by atoms with Crippen LogP contribution < -0.4 is 5.32 Å². The van der Waals surface area contributed by atoms with Crippen LogP contribution in [0.4, 0.5) is 0 Å². The van der Waals surface area contributed by atoms with Gasteiger partial charge in [0.1, 0.15) is 5.82 Å². The number of rotatable bonds is 4. The van der Waals surface area contributed by atoms with E-state index in [4.69, 9.17) is 9.97 Å². The molecule has 3 rings (SSSR count). The van der Waals surface area contributed by atoms with Gasteiger partial charge in [-0.2, -0.15) is 0 Å². The minimum atomic E-state index is 0.633. The highest BCUT2D eigenvalue weighted by molar-refractivity contribution is 5.22. The van der Waals surface area contributed by atoms with Gasteiger partial charge < -0.3 is 5.32 Å². The molecule has 2 aliphatic rings. The van der Waals surface area contributed by atoms with Crippen LogP contribution in [0.15, 0.2) is 6.20 Å². The highest BCUT2D eigenvalue weighted by Crippen LogP contribution is 2.32. The summed E-state index contributed by atoms with van der Waals surface area (Å²) in [4.78, 5) is 9.62. The standard InChI is InChI=1S/C17H27N3/c1-2-18-11-13-8-9-16-15(10-13)12-19-17(20-16)14-6-4-3-5-7-14/h12-14,18H,2-11H2,1H3. The van der Waals surface area contributed by atoms with Crippen molar-refractivity contribution in [2.24, 2.45) is 5.92 Å². The van der Waals surface area contributed by atoms with E-state index in [1.54, 1.807) is 0 Å². The van der Waals surface area contributed by atoms with Crippen LogP contribution >= 0.6 is 0 Å². The van der Waals surface area contributed by atoms with Gasteiger partial charge in [-0.1, -0.05) is 26.2 Å². The maximum Gasteiger partial charge on any atom is 0.131 e. The van der Waals surface area contributed by atoms with Gasteiger partial charge in [-0.05, 0) is 56.7 Å². The third-order valence-corrected chi connectivity index (χ3v) is 4.92. The number of nitrogens with zero attached hydrogens (tertiary/aromatic N) is 2. The second kappa shape index (κ2) is 6.66. The van der Waals surface area contributed by atoms with Crippen molar-refractivity contribution in [3.63, 3.8) is 0 Å². The highest BCUT2D eigenvalue weighted by Gasteiger charge is 2.23. The quantitative estimate of drug-likeness (QED) is 0.915. The summed E-state index contributed by atoms with van der Waals surface area (Å²) in [5, 5.41) is 3.47. The molecule has 1 N–H and O–H groups in total. The fourth-order valence-electron chi connectivity index (χ4n) is 3.68. The molecule has 0 spiro atoms. The van der Waals surface area contributed by atoms with E-state index in [2.05, 4.69) is 18.4 Å². The first-order chi connectivity index (χ1) is 9.86. The minimum absolute atomic E-state index is 0.633. The van der Waals surface area contributed by atoms with E-state index in [1.165, 1.54) is 49.8 Å². The summed E-state index contributed by atoms with van der Waals surface area (Å²) < 4.78 is 0. The summed E-state index contributed by atoms with van der Waals surface area (Å²) in [6.07, 6.45) is 12.4. The first-order valence-corrected chi connectivity index (χ1v) is 8.42. The van der Waals surface area contributed by atoms with E-state index >= 15 is 0 Å². The molecule has 1 atom stereocenters. The van der Waals surface area contributed by atoms with Gasteiger partial charge in [-0.15, -0.1) is 0 Å². The Labute approximate surface area is 122 Å². The molecule has 0 aliphatic heterocycles. The van der Waals surface area contributed by atoms with E-state index in [9.17, 15) is 0 Å². The zero-order valence-electron chi connectivity index (χ0n) is 12.7. The van der Waals surface area contributed by atoms with Crippen LogP contribution in [0.3, 0.4) is 0 Å². The molecule has 0 aromatic carbocycles. The number of aryl methyl sites for hydroxylation is 1. The third-order valence-electron chi connectivity index (χ3n) is 4.92. The molecule has 2 aliphatic carbocycles. The van der Waals surface area contributed by atoms with Crippen LogP contribution in [-0.2, 0) is 12.8 Å².